The molecule has 1 aliphatic rings. The highest BCUT2D eigenvalue weighted by Gasteiger charge is 2.30. The van der Waals surface area contributed by atoms with Gasteiger partial charge in [0.1, 0.15) is 0 Å². The average Bonchev–Trinajstić information content (AvgIpc) is 2.67. The Balaban J connectivity index is 1.71. The highest BCUT2D eigenvalue weighted by atomic mass is 16.2. The van der Waals surface area contributed by atoms with E-state index in [9.17, 15) is 4.79 Å². The number of carbonyl (C=O) groups is 1. The van der Waals surface area contributed by atoms with Gasteiger partial charge in [-0.2, -0.15) is 0 Å². The lowest BCUT2D eigenvalue weighted by Crippen LogP contribution is -2.56. The van der Waals surface area contributed by atoms with Crippen molar-refractivity contribution < 1.29 is 4.79 Å². The van der Waals surface area contributed by atoms with E-state index in [-0.39, 0.29) is 5.91 Å². The lowest BCUT2D eigenvalue weighted by Gasteiger charge is -2.43. The Labute approximate surface area is 149 Å². The molecule has 1 saturated heterocycles. The highest BCUT2D eigenvalue weighted by molar-refractivity contribution is 5.94. The van der Waals surface area contributed by atoms with Gasteiger partial charge in [0.25, 0.3) is 5.91 Å². The van der Waals surface area contributed by atoms with E-state index in [4.69, 9.17) is 0 Å². The molecule has 3 heterocycles. The molecular formula is C20H26N4O. The summed E-state index contributed by atoms with van der Waals surface area (Å²) in [6.45, 7) is 9.15. The van der Waals surface area contributed by atoms with E-state index in [2.05, 4.69) is 35.6 Å². The molecule has 0 radical (unpaired) electrons. The van der Waals surface area contributed by atoms with Gasteiger partial charge in [0.15, 0.2) is 0 Å². The van der Waals surface area contributed by atoms with Gasteiger partial charge in [0.05, 0.1) is 11.3 Å². The van der Waals surface area contributed by atoms with Crippen LogP contribution < -0.4 is 0 Å². The third kappa shape index (κ3) is 3.87. The number of pyridine rings is 2. The van der Waals surface area contributed by atoms with E-state index >= 15 is 0 Å². The molecule has 0 N–H and O–H groups in total. The topological polar surface area (TPSA) is 49.3 Å². The molecule has 0 unspecified atom stereocenters. The van der Waals surface area contributed by atoms with E-state index in [1.807, 2.05) is 29.2 Å². The second kappa shape index (κ2) is 7.74. The molecule has 5 nitrogen and oxygen atoms in total. The highest BCUT2D eigenvalue weighted by Crippen LogP contribution is 2.19. The van der Waals surface area contributed by atoms with Crippen LogP contribution in [-0.2, 0) is 0 Å². The predicted octanol–water partition coefficient (Wildman–Crippen LogP) is 3.09. The Morgan fingerprint density at radius 1 is 1.20 bits per heavy atom. The molecule has 1 aliphatic heterocycles. The maximum absolute atomic E-state index is 12.8. The van der Waals surface area contributed by atoms with Gasteiger partial charge in [-0.1, -0.05) is 6.92 Å². The van der Waals surface area contributed by atoms with Crippen molar-refractivity contribution in [2.45, 2.75) is 39.3 Å². The first-order chi connectivity index (χ1) is 12.1. The number of nitrogens with zero attached hydrogens (tertiary/aromatic N) is 4. The van der Waals surface area contributed by atoms with Crippen LogP contribution in [0, 0.1) is 0 Å². The van der Waals surface area contributed by atoms with Crippen LogP contribution in [-0.4, -0.2) is 57.4 Å². The molecule has 0 spiro atoms. The third-order valence-electron chi connectivity index (χ3n) is 4.94. The molecule has 1 fully saturated rings. The Morgan fingerprint density at radius 3 is 2.56 bits per heavy atom. The van der Waals surface area contributed by atoms with E-state index in [1.165, 1.54) is 0 Å². The van der Waals surface area contributed by atoms with Crippen molar-refractivity contribution in [1.29, 1.82) is 0 Å². The summed E-state index contributed by atoms with van der Waals surface area (Å²) in [4.78, 5) is 25.8. The monoisotopic (exact) mass is 338 g/mol. The molecule has 1 amide bonds. The summed E-state index contributed by atoms with van der Waals surface area (Å²) >= 11 is 0. The molecule has 0 saturated carbocycles. The average molecular weight is 338 g/mol. The smallest absolute Gasteiger partial charge is 0.255 e. The zero-order valence-corrected chi connectivity index (χ0v) is 15.2. The molecule has 0 bridgehead atoms. The molecule has 3 rings (SSSR count). The summed E-state index contributed by atoms with van der Waals surface area (Å²) in [7, 11) is 0. The zero-order valence-electron chi connectivity index (χ0n) is 15.2. The van der Waals surface area contributed by atoms with Crippen molar-refractivity contribution >= 4 is 5.91 Å². The molecular weight excluding hydrogens is 312 g/mol. The fourth-order valence-electron chi connectivity index (χ4n) is 3.49. The minimum Gasteiger partial charge on any atom is -0.336 e. The van der Waals surface area contributed by atoms with Crippen LogP contribution in [0.4, 0.5) is 0 Å². The van der Waals surface area contributed by atoms with Crippen LogP contribution >= 0.6 is 0 Å². The summed E-state index contributed by atoms with van der Waals surface area (Å²) in [5, 5.41) is 0. The summed E-state index contributed by atoms with van der Waals surface area (Å²) < 4.78 is 0. The van der Waals surface area contributed by atoms with Gasteiger partial charge >= 0.3 is 0 Å². The maximum atomic E-state index is 12.8. The molecule has 2 aromatic rings. The molecule has 0 aliphatic carbocycles. The Bertz CT molecular complexity index is 699. The summed E-state index contributed by atoms with van der Waals surface area (Å²) in [6, 6.07) is 8.57. The van der Waals surface area contributed by atoms with Crippen molar-refractivity contribution in [3.05, 3.63) is 48.4 Å². The van der Waals surface area contributed by atoms with Crippen LogP contribution in [0.2, 0.25) is 0 Å². The number of rotatable bonds is 4. The van der Waals surface area contributed by atoms with Gasteiger partial charge in [0.2, 0.25) is 0 Å². The number of hydrogen-bond donors (Lipinski definition) is 0. The second-order valence-corrected chi connectivity index (χ2v) is 6.81. The fraction of sp³-hybridized carbons (Fsp3) is 0.450. The molecule has 0 aromatic carbocycles. The third-order valence-corrected chi connectivity index (χ3v) is 4.94. The molecule has 132 valence electrons. The Kier molecular flexibility index (Phi) is 5.43. The largest absolute Gasteiger partial charge is 0.336 e. The first-order valence-corrected chi connectivity index (χ1v) is 9.01. The fourth-order valence-corrected chi connectivity index (χ4v) is 3.49. The molecule has 5 heteroatoms. The second-order valence-electron chi connectivity index (χ2n) is 6.81. The molecule has 1 atom stereocenters. The van der Waals surface area contributed by atoms with Gasteiger partial charge < -0.3 is 4.90 Å². The minimum absolute atomic E-state index is 0.0793. The van der Waals surface area contributed by atoms with Gasteiger partial charge in [-0.15, -0.1) is 0 Å². The van der Waals surface area contributed by atoms with Crippen molar-refractivity contribution in [3.8, 4) is 11.3 Å². The van der Waals surface area contributed by atoms with E-state index in [0.717, 1.165) is 37.3 Å². The number of piperazine rings is 1. The van der Waals surface area contributed by atoms with E-state index < -0.39 is 0 Å². The quantitative estimate of drug-likeness (QED) is 0.859. The van der Waals surface area contributed by atoms with Crippen molar-refractivity contribution in [2.24, 2.45) is 0 Å². The van der Waals surface area contributed by atoms with E-state index in [1.54, 1.807) is 18.6 Å². The van der Waals surface area contributed by atoms with Gasteiger partial charge in [-0.05, 0) is 44.5 Å². The number of hydrogen-bond acceptors (Lipinski definition) is 4. The summed E-state index contributed by atoms with van der Waals surface area (Å²) in [5.74, 6) is 0.0793. The Hall–Kier alpha value is -2.27. The van der Waals surface area contributed by atoms with Gasteiger partial charge in [-0.3, -0.25) is 19.7 Å². The first kappa shape index (κ1) is 17.5. The normalized spacial score (nSPS) is 18.6. The number of amides is 1. The van der Waals surface area contributed by atoms with Crippen molar-refractivity contribution in [1.82, 2.24) is 19.8 Å². The predicted molar refractivity (Wildman–Crippen MR) is 99.3 cm³/mol. The van der Waals surface area contributed by atoms with Crippen molar-refractivity contribution in [2.75, 3.05) is 19.6 Å². The number of carbonyl (C=O) groups excluding carboxylic acids is 1. The molecule has 2 aromatic heterocycles. The lowest BCUT2D eigenvalue weighted by molar-refractivity contribution is 0.0371. The summed E-state index contributed by atoms with van der Waals surface area (Å²) in [6.07, 6.45) is 6.24. The van der Waals surface area contributed by atoms with E-state index in [0.29, 0.717) is 17.6 Å². The van der Waals surface area contributed by atoms with Crippen molar-refractivity contribution in [3.63, 3.8) is 0 Å². The lowest BCUT2D eigenvalue weighted by atomic mass is 10.1. The Morgan fingerprint density at radius 2 is 1.96 bits per heavy atom. The minimum atomic E-state index is 0.0793. The SMILES string of the molecule is CC[C@@H]1CN(C(=O)c2ccc(-c3ccncc3)nc2)CCN1C(C)C. The van der Waals surface area contributed by atoms with Crippen LogP contribution in [0.1, 0.15) is 37.6 Å². The maximum Gasteiger partial charge on any atom is 0.255 e. The van der Waals surface area contributed by atoms with Gasteiger partial charge in [-0.25, -0.2) is 0 Å². The standard InChI is InChI=1S/C20H26N4O/c1-4-18-14-23(11-12-24(18)15(2)3)20(25)17-5-6-19(22-13-17)16-7-9-21-10-8-16/h5-10,13,15,18H,4,11-12,14H2,1-3H3/t18-/m1/s1. The summed E-state index contributed by atoms with van der Waals surface area (Å²) in [5.41, 5.74) is 2.52. The molecule has 25 heavy (non-hydrogen) atoms. The van der Waals surface area contributed by atoms with Crippen LogP contribution in [0.5, 0.6) is 0 Å². The van der Waals surface area contributed by atoms with Crippen LogP contribution in [0.15, 0.2) is 42.9 Å². The first-order valence-electron chi connectivity index (χ1n) is 9.01. The van der Waals surface area contributed by atoms with Gasteiger partial charge in [0, 0.05) is 55.9 Å². The van der Waals surface area contributed by atoms with Crippen LogP contribution in [0.3, 0.4) is 0 Å². The van der Waals surface area contributed by atoms with Crippen LogP contribution in [0.25, 0.3) is 11.3 Å². The zero-order chi connectivity index (χ0) is 17.8. The number of aromatic nitrogens is 2.